The summed E-state index contributed by atoms with van der Waals surface area (Å²) in [6.45, 7) is 5.37. The maximum absolute atomic E-state index is 6.16. The molecule has 78 valence electrons. The molecule has 3 heteroatoms. The van der Waals surface area contributed by atoms with Crippen molar-refractivity contribution in [3.05, 3.63) is 0 Å². The van der Waals surface area contributed by atoms with E-state index in [1.54, 1.807) is 0 Å². The highest BCUT2D eigenvalue weighted by Gasteiger charge is 2.35. The molecule has 1 aliphatic heterocycles. The summed E-state index contributed by atoms with van der Waals surface area (Å²) in [7, 11) is 2.15. The third kappa shape index (κ3) is 2.36. The van der Waals surface area contributed by atoms with Gasteiger partial charge in [-0.3, -0.25) is 0 Å². The maximum atomic E-state index is 6.16. The van der Waals surface area contributed by atoms with Gasteiger partial charge in [-0.1, -0.05) is 20.3 Å². The lowest BCUT2D eigenvalue weighted by atomic mass is 9.84. The Labute approximate surface area is 86.4 Å². The first-order valence-corrected chi connectivity index (χ1v) is 5.61. The number of piperidine rings is 1. The second-order valence-corrected chi connectivity index (χ2v) is 4.81. The zero-order chi connectivity index (χ0) is 10.0. The van der Waals surface area contributed by atoms with E-state index in [1.807, 2.05) is 0 Å². The van der Waals surface area contributed by atoms with E-state index in [0.717, 1.165) is 6.54 Å². The van der Waals surface area contributed by atoms with Crippen LogP contribution in [0, 0.1) is 5.92 Å². The van der Waals surface area contributed by atoms with Gasteiger partial charge in [-0.05, 0) is 19.4 Å². The highest BCUT2D eigenvalue weighted by atomic mass is 35.5. The first-order chi connectivity index (χ1) is 6.07. The van der Waals surface area contributed by atoms with Gasteiger partial charge in [-0.25, -0.2) is 0 Å². The Hall–Kier alpha value is 0.210. The molecule has 2 nitrogen and oxygen atoms in total. The Morgan fingerprint density at radius 2 is 2.15 bits per heavy atom. The van der Waals surface area contributed by atoms with Crippen molar-refractivity contribution >= 4 is 11.6 Å². The van der Waals surface area contributed by atoms with Gasteiger partial charge in [0.25, 0.3) is 0 Å². The Morgan fingerprint density at radius 1 is 1.54 bits per heavy atom. The van der Waals surface area contributed by atoms with E-state index in [9.17, 15) is 0 Å². The molecule has 13 heavy (non-hydrogen) atoms. The summed E-state index contributed by atoms with van der Waals surface area (Å²) in [6.07, 6.45) is 2.45. The van der Waals surface area contributed by atoms with Gasteiger partial charge in [0.1, 0.15) is 0 Å². The topological polar surface area (TPSA) is 29.3 Å². The molecule has 1 saturated heterocycles. The predicted molar refractivity (Wildman–Crippen MR) is 58.1 cm³/mol. The second-order valence-electron chi connectivity index (χ2n) is 4.25. The fourth-order valence-corrected chi connectivity index (χ4v) is 2.75. The lowest BCUT2D eigenvalue weighted by molar-refractivity contribution is 0.108. The van der Waals surface area contributed by atoms with E-state index in [0.29, 0.717) is 12.0 Å². The zero-order valence-corrected chi connectivity index (χ0v) is 9.59. The lowest BCUT2D eigenvalue weighted by Crippen LogP contribution is -2.57. The number of alkyl halides is 1. The zero-order valence-electron chi connectivity index (χ0n) is 8.83. The predicted octanol–water partition coefficient (Wildman–Crippen LogP) is 1.67. The van der Waals surface area contributed by atoms with Gasteiger partial charge in [0.15, 0.2) is 0 Å². The normalized spacial score (nSPS) is 42.2. The fourth-order valence-electron chi connectivity index (χ4n) is 2.30. The minimum atomic E-state index is 0.119. The van der Waals surface area contributed by atoms with E-state index in [2.05, 4.69) is 25.8 Å². The van der Waals surface area contributed by atoms with E-state index >= 15 is 0 Å². The molecule has 0 bridgehead atoms. The number of nitrogens with two attached hydrogens (primary N) is 1. The van der Waals surface area contributed by atoms with Crippen molar-refractivity contribution in [3.8, 4) is 0 Å². The number of hydrogen-bond donors (Lipinski definition) is 1. The Bertz CT molecular complexity index is 163. The molecule has 0 saturated carbocycles. The number of hydrogen-bond acceptors (Lipinski definition) is 2. The fraction of sp³-hybridized carbons (Fsp3) is 1.00. The van der Waals surface area contributed by atoms with E-state index in [-0.39, 0.29) is 11.4 Å². The molecule has 4 atom stereocenters. The average Bonchev–Trinajstić information content (AvgIpc) is 2.09. The van der Waals surface area contributed by atoms with E-state index in [4.69, 9.17) is 17.3 Å². The van der Waals surface area contributed by atoms with Gasteiger partial charge < -0.3 is 10.6 Å². The summed E-state index contributed by atoms with van der Waals surface area (Å²) < 4.78 is 0. The molecule has 0 aromatic rings. The van der Waals surface area contributed by atoms with Crippen molar-refractivity contribution in [1.29, 1.82) is 0 Å². The average molecular weight is 205 g/mol. The minimum absolute atomic E-state index is 0.119. The number of nitrogens with zero attached hydrogens (tertiary/aromatic N) is 1. The summed E-state index contributed by atoms with van der Waals surface area (Å²) in [5.74, 6) is 0.515. The molecule has 4 unspecified atom stereocenters. The molecule has 0 spiro atoms. The molecule has 0 radical (unpaired) electrons. The molecule has 1 fully saturated rings. The van der Waals surface area contributed by atoms with Gasteiger partial charge in [0.05, 0.1) is 5.38 Å². The van der Waals surface area contributed by atoms with Crippen molar-refractivity contribution in [3.63, 3.8) is 0 Å². The largest absolute Gasteiger partial charge is 0.326 e. The Morgan fingerprint density at radius 3 is 2.69 bits per heavy atom. The third-order valence-electron chi connectivity index (χ3n) is 3.24. The summed E-state index contributed by atoms with van der Waals surface area (Å²) in [5.41, 5.74) is 6.05. The number of halogens is 1. The van der Waals surface area contributed by atoms with Crippen molar-refractivity contribution in [2.75, 3.05) is 13.6 Å². The van der Waals surface area contributed by atoms with Gasteiger partial charge in [-0.2, -0.15) is 0 Å². The SMILES string of the molecule is CCCC1C(C)C(N)C(Cl)CN1C. The number of rotatable bonds is 2. The molecule has 0 aliphatic carbocycles. The first-order valence-electron chi connectivity index (χ1n) is 5.17. The van der Waals surface area contributed by atoms with Crippen LogP contribution in [0.5, 0.6) is 0 Å². The number of likely N-dealkylation sites (tertiary alicyclic amines) is 1. The summed E-state index contributed by atoms with van der Waals surface area (Å²) >= 11 is 6.16. The maximum Gasteiger partial charge on any atom is 0.0617 e. The van der Waals surface area contributed by atoms with Crippen LogP contribution in [0.2, 0.25) is 0 Å². The lowest BCUT2D eigenvalue weighted by Gasteiger charge is -2.43. The van der Waals surface area contributed by atoms with Crippen LogP contribution in [0.1, 0.15) is 26.7 Å². The van der Waals surface area contributed by atoms with Crippen molar-refractivity contribution in [1.82, 2.24) is 4.90 Å². The quantitative estimate of drug-likeness (QED) is 0.694. The first kappa shape index (κ1) is 11.3. The highest BCUT2D eigenvalue weighted by Crippen LogP contribution is 2.27. The van der Waals surface area contributed by atoms with Crippen LogP contribution in [-0.4, -0.2) is 36.0 Å². The van der Waals surface area contributed by atoms with Crippen LogP contribution >= 0.6 is 11.6 Å². The molecule has 0 amide bonds. The van der Waals surface area contributed by atoms with E-state index in [1.165, 1.54) is 12.8 Å². The summed E-state index contributed by atoms with van der Waals surface area (Å²) in [6, 6.07) is 0.782. The molecular weight excluding hydrogens is 184 g/mol. The molecule has 2 N–H and O–H groups in total. The molecule has 1 aliphatic rings. The summed E-state index contributed by atoms with van der Waals surface area (Å²) in [4.78, 5) is 2.36. The van der Waals surface area contributed by atoms with Gasteiger partial charge >= 0.3 is 0 Å². The second kappa shape index (κ2) is 4.63. The van der Waals surface area contributed by atoms with Gasteiger partial charge in [0, 0.05) is 18.6 Å². The van der Waals surface area contributed by atoms with Gasteiger partial charge in [-0.15, -0.1) is 11.6 Å². The van der Waals surface area contributed by atoms with Crippen molar-refractivity contribution < 1.29 is 0 Å². The minimum Gasteiger partial charge on any atom is -0.326 e. The third-order valence-corrected chi connectivity index (χ3v) is 3.67. The molecule has 0 aromatic heterocycles. The Kier molecular flexibility index (Phi) is 4.02. The standard InChI is InChI=1S/C10H21ClN2/c1-4-5-9-7(2)10(12)8(11)6-13(9)3/h7-10H,4-6,12H2,1-3H3. The van der Waals surface area contributed by atoms with Gasteiger partial charge in [0.2, 0.25) is 0 Å². The van der Waals surface area contributed by atoms with E-state index < -0.39 is 0 Å². The van der Waals surface area contributed by atoms with Crippen LogP contribution in [0.4, 0.5) is 0 Å². The highest BCUT2D eigenvalue weighted by molar-refractivity contribution is 6.21. The van der Waals surface area contributed by atoms with Crippen LogP contribution in [-0.2, 0) is 0 Å². The monoisotopic (exact) mass is 204 g/mol. The smallest absolute Gasteiger partial charge is 0.0617 e. The van der Waals surface area contributed by atoms with Crippen LogP contribution in [0.3, 0.4) is 0 Å². The van der Waals surface area contributed by atoms with Crippen molar-refractivity contribution in [2.45, 2.75) is 44.1 Å². The molecule has 1 heterocycles. The summed E-state index contributed by atoms with van der Waals surface area (Å²) in [5, 5.41) is 0.119. The van der Waals surface area contributed by atoms with Crippen LogP contribution in [0.15, 0.2) is 0 Å². The molecule has 1 rings (SSSR count). The molecular formula is C10H21ClN2. The van der Waals surface area contributed by atoms with Crippen LogP contribution < -0.4 is 5.73 Å². The van der Waals surface area contributed by atoms with Crippen molar-refractivity contribution in [2.24, 2.45) is 11.7 Å². The molecule has 0 aromatic carbocycles. The van der Waals surface area contributed by atoms with Crippen LogP contribution in [0.25, 0.3) is 0 Å². The Balaban J connectivity index is 2.61.